The van der Waals surface area contributed by atoms with Crippen molar-refractivity contribution in [1.29, 1.82) is 0 Å². The highest BCUT2D eigenvalue weighted by molar-refractivity contribution is 5.95. The van der Waals surface area contributed by atoms with Crippen molar-refractivity contribution in [2.75, 3.05) is 13.1 Å². The third kappa shape index (κ3) is 3.66. The van der Waals surface area contributed by atoms with Crippen LogP contribution in [0.3, 0.4) is 0 Å². The van der Waals surface area contributed by atoms with Crippen LogP contribution < -0.4 is 11.1 Å². The van der Waals surface area contributed by atoms with Crippen molar-refractivity contribution < 1.29 is 4.79 Å². The summed E-state index contributed by atoms with van der Waals surface area (Å²) in [7, 11) is 0. The van der Waals surface area contributed by atoms with Crippen LogP contribution in [-0.2, 0) is 6.42 Å². The van der Waals surface area contributed by atoms with Crippen LogP contribution in [0.25, 0.3) is 0 Å². The van der Waals surface area contributed by atoms with Crippen LogP contribution in [0.5, 0.6) is 0 Å². The van der Waals surface area contributed by atoms with Crippen LogP contribution in [0.1, 0.15) is 35.7 Å². The van der Waals surface area contributed by atoms with Gasteiger partial charge in [0.15, 0.2) is 0 Å². The zero-order valence-corrected chi connectivity index (χ0v) is 9.83. The van der Waals surface area contributed by atoms with Gasteiger partial charge in [0.1, 0.15) is 0 Å². The molecular formula is C13H20N2O. The molecule has 0 radical (unpaired) electrons. The second-order valence-corrected chi connectivity index (χ2v) is 3.76. The Bertz CT molecular complexity index is 336. The first-order valence-electron chi connectivity index (χ1n) is 5.85. The predicted molar refractivity (Wildman–Crippen MR) is 66.4 cm³/mol. The minimum absolute atomic E-state index is 0.0227. The number of rotatable bonds is 6. The molecule has 0 aliphatic rings. The minimum Gasteiger partial charge on any atom is -0.352 e. The summed E-state index contributed by atoms with van der Waals surface area (Å²) in [5.41, 5.74) is 7.28. The van der Waals surface area contributed by atoms with E-state index in [2.05, 4.69) is 12.2 Å². The molecule has 88 valence electrons. The molecule has 3 heteroatoms. The summed E-state index contributed by atoms with van der Waals surface area (Å²) in [6, 6.07) is 7.73. The van der Waals surface area contributed by atoms with Crippen LogP contribution in [0.4, 0.5) is 0 Å². The molecule has 1 aromatic carbocycles. The van der Waals surface area contributed by atoms with E-state index in [1.165, 1.54) is 0 Å². The van der Waals surface area contributed by atoms with E-state index >= 15 is 0 Å². The topological polar surface area (TPSA) is 55.1 Å². The van der Waals surface area contributed by atoms with Crippen LogP contribution in [0.15, 0.2) is 24.3 Å². The second kappa shape index (κ2) is 7.01. The highest BCUT2D eigenvalue weighted by atomic mass is 16.1. The molecule has 0 saturated heterocycles. The maximum Gasteiger partial charge on any atom is 0.251 e. The average Bonchev–Trinajstić information content (AvgIpc) is 2.34. The zero-order valence-electron chi connectivity index (χ0n) is 9.83. The van der Waals surface area contributed by atoms with Gasteiger partial charge < -0.3 is 11.1 Å². The van der Waals surface area contributed by atoms with Crippen molar-refractivity contribution in [2.24, 2.45) is 5.73 Å². The maximum atomic E-state index is 11.8. The standard InChI is InChI=1S/C13H20N2O/c1-2-11-7-3-4-8-12(11)13(16)15-10-6-5-9-14/h3-4,7-8H,2,5-6,9-10,14H2,1H3,(H,15,16). The van der Waals surface area contributed by atoms with Crippen molar-refractivity contribution in [2.45, 2.75) is 26.2 Å². The lowest BCUT2D eigenvalue weighted by atomic mass is 10.0. The van der Waals surface area contributed by atoms with E-state index in [1.807, 2.05) is 24.3 Å². The fraction of sp³-hybridized carbons (Fsp3) is 0.462. The fourth-order valence-corrected chi connectivity index (χ4v) is 1.62. The quantitative estimate of drug-likeness (QED) is 0.717. The number of hydrogen-bond acceptors (Lipinski definition) is 2. The Morgan fingerprint density at radius 1 is 1.31 bits per heavy atom. The van der Waals surface area contributed by atoms with Crippen molar-refractivity contribution in [3.8, 4) is 0 Å². The lowest BCUT2D eigenvalue weighted by molar-refractivity contribution is 0.0952. The van der Waals surface area contributed by atoms with E-state index in [9.17, 15) is 4.79 Å². The Morgan fingerprint density at radius 3 is 2.75 bits per heavy atom. The number of amides is 1. The highest BCUT2D eigenvalue weighted by Gasteiger charge is 2.08. The highest BCUT2D eigenvalue weighted by Crippen LogP contribution is 2.08. The van der Waals surface area contributed by atoms with E-state index in [0.717, 1.165) is 30.4 Å². The van der Waals surface area contributed by atoms with Crippen molar-refractivity contribution in [3.05, 3.63) is 35.4 Å². The molecular weight excluding hydrogens is 200 g/mol. The molecule has 0 aliphatic heterocycles. The molecule has 1 amide bonds. The van der Waals surface area contributed by atoms with Gasteiger partial charge in [0.05, 0.1) is 0 Å². The molecule has 3 N–H and O–H groups in total. The molecule has 0 heterocycles. The van der Waals surface area contributed by atoms with Crippen LogP contribution in [-0.4, -0.2) is 19.0 Å². The van der Waals surface area contributed by atoms with Gasteiger partial charge in [-0.25, -0.2) is 0 Å². The van der Waals surface area contributed by atoms with Gasteiger partial charge >= 0.3 is 0 Å². The zero-order chi connectivity index (χ0) is 11.8. The molecule has 0 aromatic heterocycles. The van der Waals surface area contributed by atoms with Crippen molar-refractivity contribution in [3.63, 3.8) is 0 Å². The number of carbonyl (C=O) groups is 1. The molecule has 0 spiro atoms. The molecule has 0 atom stereocenters. The van der Waals surface area contributed by atoms with E-state index < -0.39 is 0 Å². The summed E-state index contributed by atoms with van der Waals surface area (Å²) in [6.45, 7) is 3.44. The number of nitrogens with two attached hydrogens (primary N) is 1. The Kier molecular flexibility index (Phi) is 5.57. The van der Waals surface area contributed by atoms with Crippen LogP contribution in [0.2, 0.25) is 0 Å². The van der Waals surface area contributed by atoms with Gasteiger partial charge in [-0.1, -0.05) is 25.1 Å². The van der Waals surface area contributed by atoms with Gasteiger partial charge in [-0.05, 0) is 37.4 Å². The molecule has 0 bridgehead atoms. The van der Waals surface area contributed by atoms with Crippen LogP contribution >= 0.6 is 0 Å². The summed E-state index contributed by atoms with van der Waals surface area (Å²) >= 11 is 0. The number of nitrogens with one attached hydrogen (secondary N) is 1. The molecule has 16 heavy (non-hydrogen) atoms. The van der Waals surface area contributed by atoms with E-state index in [4.69, 9.17) is 5.73 Å². The summed E-state index contributed by atoms with van der Waals surface area (Å²) in [5.74, 6) is 0.0227. The third-order valence-corrected chi connectivity index (χ3v) is 2.56. The van der Waals surface area contributed by atoms with Gasteiger partial charge in [0.2, 0.25) is 0 Å². The largest absolute Gasteiger partial charge is 0.352 e. The minimum atomic E-state index is 0.0227. The van der Waals surface area contributed by atoms with Gasteiger partial charge in [-0.15, -0.1) is 0 Å². The normalized spacial score (nSPS) is 10.1. The first-order chi connectivity index (χ1) is 7.79. The Morgan fingerprint density at radius 2 is 2.06 bits per heavy atom. The second-order valence-electron chi connectivity index (χ2n) is 3.76. The van der Waals surface area contributed by atoms with E-state index in [0.29, 0.717) is 13.1 Å². The molecule has 0 fully saturated rings. The van der Waals surface area contributed by atoms with Gasteiger partial charge in [-0.2, -0.15) is 0 Å². The third-order valence-electron chi connectivity index (χ3n) is 2.56. The number of hydrogen-bond donors (Lipinski definition) is 2. The Labute approximate surface area is 97.0 Å². The number of unbranched alkanes of at least 4 members (excludes halogenated alkanes) is 1. The summed E-state index contributed by atoms with van der Waals surface area (Å²) in [4.78, 5) is 11.8. The van der Waals surface area contributed by atoms with Crippen molar-refractivity contribution >= 4 is 5.91 Å². The average molecular weight is 220 g/mol. The summed E-state index contributed by atoms with van der Waals surface area (Å²) < 4.78 is 0. The van der Waals surface area contributed by atoms with Gasteiger partial charge in [0, 0.05) is 12.1 Å². The monoisotopic (exact) mass is 220 g/mol. The van der Waals surface area contributed by atoms with Gasteiger partial charge in [0.25, 0.3) is 5.91 Å². The first kappa shape index (κ1) is 12.7. The fourth-order valence-electron chi connectivity index (χ4n) is 1.62. The van der Waals surface area contributed by atoms with Gasteiger partial charge in [-0.3, -0.25) is 4.79 Å². The molecule has 0 aliphatic carbocycles. The number of carbonyl (C=O) groups excluding carboxylic acids is 1. The lowest BCUT2D eigenvalue weighted by Gasteiger charge is -2.08. The summed E-state index contributed by atoms with van der Waals surface area (Å²) in [6.07, 6.45) is 2.78. The molecule has 1 rings (SSSR count). The van der Waals surface area contributed by atoms with Crippen LogP contribution in [0, 0.1) is 0 Å². The number of aryl methyl sites for hydroxylation is 1. The Hall–Kier alpha value is -1.35. The Balaban J connectivity index is 2.52. The SMILES string of the molecule is CCc1ccccc1C(=O)NCCCCN. The van der Waals surface area contributed by atoms with Crippen molar-refractivity contribution in [1.82, 2.24) is 5.32 Å². The maximum absolute atomic E-state index is 11.8. The van der Waals surface area contributed by atoms with E-state index in [1.54, 1.807) is 0 Å². The molecule has 0 unspecified atom stereocenters. The first-order valence-corrected chi connectivity index (χ1v) is 5.85. The predicted octanol–water partition coefficient (Wildman–Crippen LogP) is 1.72. The molecule has 3 nitrogen and oxygen atoms in total. The smallest absolute Gasteiger partial charge is 0.251 e. The van der Waals surface area contributed by atoms with E-state index in [-0.39, 0.29) is 5.91 Å². The summed E-state index contributed by atoms with van der Waals surface area (Å²) in [5, 5.41) is 2.91. The number of benzene rings is 1. The molecule has 0 saturated carbocycles. The molecule has 1 aromatic rings. The lowest BCUT2D eigenvalue weighted by Crippen LogP contribution is -2.25.